The SMILES string of the molecule is CSC1=NC2=NC3=C(CCCC3Cl)CN2N1. The second-order valence-corrected chi connectivity index (χ2v) is 5.40. The van der Waals surface area contributed by atoms with Crippen LogP contribution in [-0.2, 0) is 0 Å². The van der Waals surface area contributed by atoms with E-state index in [4.69, 9.17) is 11.6 Å². The van der Waals surface area contributed by atoms with Crippen molar-refractivity contribution in [1.82, 2.24) is 10.4 Å². The second-order valence-electron chi connectivity index (χ2n) is 4.08. The van der Waals surface area contributed by atoms with Crippen LogP contribution in [0.5, 0.6) is 0 Å². The summed E-state index contributed by atoms with van der Waals surface area (Å²) < 4.78 is 0. The van der Waals surface area contributed by atoms with Crippen molar-refractivity contribution in [3.63, 3.8) is 0 Å². The zero-order chi connectivity index (χ0) is 11.1. The zero-order valence-electron chi connectivity index (χ0n) is 9.03. The van der Waals surface area contributed by atoms with Crippen LogP contribution in [0.1, 0.15) is 19.3 Å². The average Bonchev–Trinajstić information content (AvgIpc) is 2.69. The highest BCUT2D eigenvalue weighted by molar-refractivity contribution is 8.13. The third kappa shape index (κ3) is 1.62. The molecule has 0 radical (unpaired) electrons. The predicted octanol–water partition coefficient (Wildman–Crippen LogP) is 1.94. The number of hydrogen-bond donors (Lipinski definition) is 1. The lowest BCUT2D eigenvalue weighted by Gasteiger charge is -2.30. The fourth-order valence-corrected chi connectivity index (χ4v) is 2.95. The monoisotopic (exact) mass is 256 g/mol. The van der Waals surface area contributed by atoms with Crippen molar-refractivity contribution in [2.75, 3.05) is 12.8 Å². The first kappa shape index (κ1) is 10.5. The molecule has 0 saturated carbocycles. The Hall–Kier alpha value is -0.680. The summed E-state index contributed by atoms with van der Waals surface area (Å²) in [5.41, 5.74) is 5.65. The normalized spacial score (nSPS) is 28.1. The van der Waals surface area contributed by atoms with Gasteiger partial charge in [0.1, 0.15) is 0 Å². The molecule has 0 spiro atoms. The Labute approximate surface area is 104 Å². The van der Waals surface area contributed by atoms with Crippen LogP contribution < -0.4 is 5.43 Å². The third-order valence-electron chi connectivity index (χ3n) is 3.03. The van der Waals surface area contributed by atoms with Gasteiger partial charge in [0, 0.05) is 0 Å². The van der Waals surface area contributed by atoms with Gasteiger partial charge in [-0.3, -0.25) is 5.43 Å². The first-order valence-electron chi connectivity index (χ1n) is 5.39. The number of thioether (sulfide) groups is 1. The highest BCUT2D eigenvalue weighted by atomic mass is 35.5. The highest BCUT2D eigenvalue weighted by Gasteiger charge is 2.31. The van der Waals surface area contributed by atoms with E-state index in [1.165, 1.54) is 12.0 Å². The summed E-state index contributed by atoms with van der Waals surface area (Å²) in [5, 5.41) is 2.98. The molecule has 16 heavy (non-hydrogen) atoms. The van der Waals surface area contributed by atoms with E-state index in [9.17, 15) is 0 Å². The zero-order valence-corrected chi connectivity index (χ0v) is 10.6. The molecule has 0 aromatic carbocycles. The maximum Gasteiger partial charge on any atom is 0.247 e. The molecule has 2 heterocycles. The van der Waals surface area contributed by atoms with Gasteiger partial charge in [0.05, 0.1) is 17.6 Å². The molecular formula is C10H13ClN4S. The van der Waals surface area contributed by atoms with Crippen LogP contribution in [0.4, 0.5) is 0 Å². The number of alkyl halides is 1. The Bertz CT molecular complexity index is 415. The Morgan fingerprint density at radius 1 is 1.50 bits per heavy atom. The fraction of sp³-hybridized carbons (Fsp3) is 0.600. The summed E-state index contributed by atoms with van der Waals surface area (Å²) >= 11 is 7.89. The molecule has 0 amide bonds. The van der Waals surface area contributed by atoms with Crippen molar-refractivity contribution in [3.05, 3.63) is 11.3 Å². The van der Waals surface area contributed by atoms with E-state index < -0.39 is 0 Å². The molecule has 0 fully saturated rings. The van der Waals surface area contributed by atoms with Gasteiger partial charge in [0.2, 0.25) is 5.96 Å². The number of fused-ring (bicyclic) bond motifs is 1. The largest absolute Gasteiger partial charge is 0.273 e. The van der Waals surface area contributed by atoms with E-state index in [1.54, 1.807) is 11.8 Å². The number of aliphatic imine (C=N–C) groups is 2. The topological polar surface area (TPSA) is 40.0 Å². The van der Waals surface area contributed by atoms with Crippen molar-refractivity contribution in [3.8, 4) is 0 Å². The number of allylic oxidation sites excluding steroid dienone is 1. The van der Waals surface area contributed by atoms with Gasteiger partial charge < -0.3 is 0 Å². The maximum absolute atomic E-state index is 6.29. The molecule has 0 aromatic heterocycles. The standard InChI is InChI=1S/C10H13ClN4S/c1-16-10-13-9-12-8-6(5-15(9)14-10)3-2-4-7(8)11/h7H,2-5H2,1H3,(H,12,13,14). The van der Waals surface area contributed by atoms with Crippen molar-refractivity contribution in [1.29, 1.82) is 0 Å². The molecular weight excluding hydrogens is 244 g/mol. The van der Waals surface area contributed by atoms with Crippen molar-refractivity contribution in [2.24, 2.45) is 9.98 Å². The number of nitrogens with one attached hydrogen (secondary N) is 1. The van der Waals surface area contributed by atoms with Gasteiger partial charge in [0.25, 0.3) is 0 Å². The van der Waals surface area contributed by atoms with Gasteiger partial charge in [-0.1, -0.05) is 11.8 Å². The van der Waals surface area contributed by atoms with E-state index >= 15 is 0 Å². The quantitative estimate of drug-likeness (QED) is 0.674. The summed E-state index contributed by atoms with van der Waals surface area (Å²) in [4.78, 5) is 8.98. The van der Waals surface area contributed by atoms with Crippen molar-refractivity contribution < 1.29 is 0 Å². The van der Waals surface area contributed by atoms with Crippen LogP contribution in [0.25, 0.3) is 0 Å². The van der Waals surface area contributed by atoms with Crippen LogP contribution >= 0.6 is 23.4 Å². The van der Waals surface area contributed by atoms with Crippen LogP contribution in [0.15, 0.2) is 21.3 Å². The van der Waals surface area contributed by atoms with Crippen LogP contribution in [0, 0.1) is 0 Å². The Morgan fingerprint density at radius 2 is 2.38 bits per heavy atom. The molecule has 0 bridgehead atoms. The maximum atomic E-state index is 6.29. The summed E-state index contributed by atoms with van der Waals surface area (Å²) in [7, 11) is 0. The lowest BCUT2D eigenvalue weighted by atomic mass is 9.95. The van der Waals surface area contributed by atoms with E-state index in [0.717, 1.165) is 36.2 Å². The minimum Gasteiger partial charge on any atom is -0.273 e. The van der Waals surface area contributed by atoms with Crippen LogP contribution in [-0.4, -0.2) is 34.3 Å². The Balaban J connectivity index is 1.93. The number of rotatable bonds is 0. The lowest BCUT2D eigenvalue weighted by molar-refractivity contribution is 0.398. The minimum atomic E-state index is 0.0759. The molecule has 6 heteroatoms. The number of halogens is 1. The van der Waals surface area contributed by atoms with Crippen molar-refractivity contribution >= 4 is 34.5 Å². The van der Waals surface area contributed by atoms with Gasteiger partial charge >= 0.3 is 0 Å². The molecule has 3 aliphatic rings. The number of guanidine groups is 1. The Morgan fingerprint density at radius 3 is 3.19 bits per heavy atom. The smallest absolute Gasteiger partial charge is 0.247 e. The fourth-order valence-electron chi connectivity index (χ4n) is 2.22. The molecule has 1 atom stereocenters. The first-order chi connectivity index (χ1) is 7.78. The van der Waals surface area contributed by atoms with Crippen LogP contribution in [0.3, 0.4) is 0 Å². The minimum absolute atomic E-state index is 0.0759. The molecule has 0 aromatic rings. The van der Waals surface area contributed by atoms with Gasteiger partial charge in [-0.2, -0.15) is 4.99 Å². The van der Waals surface area contributed by atoms with Gasteiger partial charge in [-0.05, 0) is 31.1 Å². The van der Waals surface area contributed by atoms with E-state index in [0.29, 0.717) is 0 Å². The molecule has 0 saturated heterocycles. The molecule has 1 unspecified atom stereocenters. The summed E-state index contributed by atoms with van der Waals surface area (Å²) in [6, 6.07) is 0. The predicted molar refractivity (Wildman–Crippen MR) is 68.7 cm³/mol. The van der Waals surface area contributed by atoms with Crippen molar-refractivity contribution in [2.45, 2.75) is 24.6 Å². The first-order valence-corrected chi connectivity index (χ1v) is 7.05. The van der Waals surface area contributed by atoms with Crippen LogP contribution in [0.2, 0.25) is 0 Å². The van der Waals surface area contributed by atoms with E-state index in [1.807, 2.05) is 11.3 Å². The Kier molecular flexibility index (Phi) is 2.59. The lowest BCUT2D eigenvalue weighted by Crippen LogP contribution is -2.42. The number of nitrogens with zero attached hydrogens (tertiary/aromatic N) is 3. The van der Waals surface area contributed by atoms with Gasteiger partial charge in [-0.25, -0.2) is 10.0 Å². The molecule has 3 rings (SSSR count). The summed E-state index contributed by atoms with van der Waals surface area (Å²) in [6.07, 6.45) is 5.32. The van der Waals surface area contributed by atoms with E-state index in [-0.39, 0.29) is 5.38 Å². The summed E-state index contributed by atoms with van der Waals surface area (Å²) in [5.74, 6) is 0.760. The van der Waals surface area contributed by atoms with Gasteiger partial charge in [-0.15, -0.1) is 11.6 Å². The molecule has 2 aliphatic heterocycles. The highest BCUT2D eigenvalue weighted by Crippen LogP contribution is 2.33. The number of hydrogen-bond acceptors (Lipinski definition) is 5. The molecule has 1 N–H and O–H groups in total. The third-order valence-corrected chi connectivity index (χ3v) is 4.03. The van der Waals surface area contributed by atoms with E-state index in [2.05, 4.69) is 15.4 Å². The number of amidine groups is 1. The molecule has 4 nitrogen and oxygen atoms in total. The summed E-state index contributed by atoms with van der Waals surface area (Å²) in [6.45, 7) is 0.866. The van der Waals surface area contributed by atoms with Gasteiger partial charge in [0.15, 0.2) is 5.17 Å². The average molecular weight is 257 g/mol. The molecule has 1 aliphatic carbocycles. The molecule has 86 valence electrons. The number of hydrazine groups is 1. The second kappa shape index (κ2) is 3.96.